The van der Waals surface area contributed by atoms with Crippen LogP contribution < -0.4 is 14.8 Å². The molecule has 0 aliphatic carbocycles. The van der Waals surface area contributed by atoms with Crippen molar-refractivity contribution in [2.75, 3.05) is 14.2 Å². The Hall–Kier alpha value is -1.22. The number of ether oxygens (including phenoxy) is 2. The first kappa shape index (κ1) is 14.8. The first-order valence-corrected chi connectivity index (χ1v) is 6.57. The molecule has 0 saturated heterocycles. The van der Waals surface area contributed by atoms with E-state index < -0.39 is 0 Å². The van der Waals surface area contributed by atoms with Crippen LogP contribution in [0.2, 0.25) is 0 Å². The summed E-state index contributed by atoms with van der Waals surface area (Å²) in [7, 11) is 3.66. The van der Waals surface area contributed by atoms with Gasteiger partial charge in [0.15, 0.2) is 11.5 Å². The molecule has 102 valence electrons. The zero-order valence-electron chi connectivity index (χ0n) is 12.1. The molecule has 0 radical (unpaired) electrons. The molecule has 3 nitrogen and oxygen atoms in total. The summed E-state index contributed by atoms with van der Waals surface area (Å²) in [6.45, 7) is 6.24. The van der Waals surface area contributed by atoms with Crippen molar-refractivity contribution in [2.45, 2.75) is 45.8 Å². The van der Waals surface area contributed by atoms with Gasteiger partial charge in [-0.25, -0.2) is 0 Å². The van der Waals surface area contributed by atoms with Crippen LogP contribution in [0.1, 0.15) is 32.8 Å². The summed E-state index contributed by atoms with van der Waals surface area (Å²) < 4.78 is 11.1. The van der Waals surface area contributed by atoms with E-state index in [1.165, 1.54) is 5.56 Å². The molecule has 0 heterocycles. The van der Waals surface area contributed by atoms with Crippen LogP contribution in [0.15, 0.2) is 18.2 Å². The number of hydrogen-bond acceptors (Lipinski definition) is 3. The number of hydrogen-bond donors (Lipinski definition) is 1. The number of aryl methyl sites for hydroxylation is 1. The van der Waals surface area contributed by atoms with Gasteiger partial charge in [0.2, 0.25) is 0 Å². The molecule has 0 saturated carbocycles. The topological polar surface area (TPSA) is 30.5 Å². The number of methoxy groups -OCH3 is 1. The Labute approximate surface area is 110 Å². The molecule has 1 rings (SSSR count). The highest BCUT2D eigenvalue weighted by Crippen LogP contribution is 2.29. The van der Waals surface area contributed by atoms with E-state index in [0.717, 1.165) is 24.3 Å². The molecular weight excluding hydrogens is 226 g/mol. The van der Waals surface area contributed by atoms with Gasteiger partial charge in [-0.1, -0.05) is 6.07 Å². The fraction of sp³-hybridized carbons (Fsp3) is 0.600. The summed E-state index contributed by atoms with van der Waals surface area (Å²) in [5.74, 6) is 1.64. The molecule has 0 bridgehead atoms. The van der Waals surface area contributed by atoms with Crippen LogP contribution in [-0.4, -0.2) is 26.3 Å². The molecule has 0 aliphatic rings. The van der Waals surface area contributed by atoms with Gasteiger partial charge < -0.3 is 14.8 Å². The van der Waals surface area contributed by atoms with Gasteiger partial charge in [-0.15, -0.1) is 0 Å². The van der Waals surface area contributed by atoms with Crippen LogP contribution in [0.5, 0.6) is 11.5 Å². The van der Waals surface area contributed by atoms with E-state index >= 15 is 0 Å². The van der Waals surface area contributed by atoms with Crippen molar-refractivity contribution in [3.05, 3.63) is 23.8 Å². The van der Waals surface area contributed by atoms with E-state index in [4.69, 9.17) is 9.47 Å². The molecule has 0 amide bonds. The summed E-state index contributed by atoms with van der Waals surface area (Å²) in [5.41, 5.74) is 1.29. The minimum atomic E-state index is 0.158. The van der Waals surface area contributed by atoms with Crippen molar-refractivity contribution in [1.82, 2.24) is 5.32 Å². The molecule has 1 aromatic carbocycles. The maximum Gasteiger partial charge on any atom is 0.161 e. The van der Waals surface area contributed by atoms with Crippen LogP contribution in [-0.2, 0) is 6.42 Å². The van der Waals surface area contributed by atoms with Crippen LogP contribution in [0.4, 0.5) is 0 Å². The number of rotatable bonds is 7. The summed E-state index contributed by atoms with van der Waals surface area (Å²) in [5, 5.41) is 3.25. The molecule has 0 aromatic heterocycles. The van der Waals surface area contributed by atoms with Crippen molar-refractivity contribution >= 4 is 0 Å². The Morgan fingerprint density at radius 1 is 1.17 bits per heavy atom. The monoisotopic (exact) mass is 251 g/mol. The fourth-order valence-corrected chi connectivity index (χ4v) is 1.75. The largest absolute Gasteiger partial charge is 0.493 e. The average molecular weight is 251 g/mol. The lowest BCUT2D eigenvalue weighted by molar-refractivity contribution is 0.230. The Kier molecular flexibility index (Phi) is 5.99. The van der Waals surface area contributed by atoms with Crippen LogP contribution in [0.3, 0.4) is 0 Å². The van der Waals surface area contributed by atoms with Gasteiger partial charge >= 0.3 is 0 Å². The predicted molar refractivity (Wildman–Crippen MR) is 75.6 cm³/mol. The van der Waals surface area contributed by atoms with E-state index in [1.807, 2.05) is 27.0 Å². The van der Waals surface area contributed by atoms with Gasteiger partial charge in [-0.05, 0) is 58.4 Å². The summed E-state index contributed by atoms with van der Waals surface area (Å²) >= 11 is 0. The quantitative estimate of drug-likeness (QED) is 0.808. The molecule has 1 N–H and O–H groups in total. The maximum atomic E-state index is 5.77. The highest BCUT2D eigenvalue weighted by Gasteiger charge is 2.08. The number of nitrogens with one attached hydrogen (secondary N) is 1. The Bertz CT molecular complexity index is 364. The van der Waals surface area contributed by atoms with Gasteiger partial charge in [0.25, 0.3) is 0 Å². The number of benzene rings is 1. The van der Waals surface area contributed by atoms with Gasteiger partial charge in [-0.3, -0.25) is 0 Å². The highest BCUT2D eigenvalue weighted by molar-refractivity contribution is 5.43. The minimum Gasteiger partial charge on any atom is -0.493 e. The predicted octanol–water partition coefficient (Wildman–Crippen LogP) is 3.02. The van der Waals surface area contributed by atoms with Gasteiger partial charge in [0, 0.05) is 6.04 Å². The SMILES string of the molecule is CNC(C)CCc1ccc(OC)c(OC(C)C)c1. The third kappa shape index (κ3) is 4.57. The summed E-state index contributed by atoms with van der Waals surface area (Å²) in [6, 6.07) is 6.70. The third-order valence-electron chi connectivity index (χ3n) is 2.95. The maximum absolute atomic E-state index is 5.77. The van der Waals surface area contributed by atoms with E-state index in [-0.39, 0.29) is 6.10 Å². The lowest BCUT2D eigenvalue weighted by Gasteiger charge is -2.15. The molecule has 1 atom stereocenters. The smallest absolute Gasteiger partial charge is 0.161 e. The summed E-state index contributed by atoms with van der Waals surface area (Å²) in [6.07, 6.45) is 2.31. The van der Waals surface area contributed by atoms with E-state index in [1.54, 1.807) is 7.11 Å². The third-order valence-corrected chi connectivity index (χ3v) is 2.95. The lowest BCUT2D eigenvalue weighted by Crippen LogP contribution is -2.21. The van der Waals surface area contributed by atoms with E-state index in [0.29, 0.717) is 6.04 Å². The van der Waals surface area contributed by atoms with Crippen molar-refractivity contribution in [1.29, 1.82) is 0 Å². The highest BCUT2D eigenvalue weighted by atomic mass is 16.5. The normalized spacial score (nSPS) is 12.6. The van der Waals surface area contributed by atoms with Gasteiger partial charge in [0.05, 0.1) is 13.2 Å². The second-order valence-corrected chi connectivity index (χ2v) is 4.88. The van der Waals surface area contributed by atoms with Gasteiger partial charge in [-0.2, -0.15) is 0 Å². The Morgan fingerprint density at radius 2 is 1.89 bits per heavy atom. The first-order valence-electron chi connectivity index (χ1n) is 6.57. The molecule has 0 spiro atoms. The van der Waals surface area contributed by atoms with Crippen LogP contribution in [0.25, 0.3) is 0 Å². The minimum absolute atomic E-state index is 0.158. The fourth-order valence-electron chi connectivity index (χ4n) is 1.75. The lowest BCUT2D eigenvalue weighted by atomic mass is 10.1. The van der Waals surface area contributed by atoms with Crippen LogP contribution in [0, 0.1) is 0 Å². The second-order valence-electron chi connectivity index (χ2n) is 4.88. The Morgan fingerprint density at radius 3 is 2.44 bits per heavy atom. The van der Waals surface area contributed by atoms with Gasteiger partial charge in [0.1, 0.15) is 0 Å². The molecular formula is C15H25NO2. The summed E-state index contributed by atoms with van der Waals surface area (Å²) in [4.78, 5) is 0. The molecule has 0 aliphatic heterocycles. The molecule has 3 heteroatoms. The van der Waals surface area contributed by atoms with Crippen molar-refractivity contribution in [3.63, 3.8) is 0 Å². The standard InChI is InChI=1S/C15H25NO2/c1-11(2)18-15-10-13(7-6-12(3)16-4)8-9-14(15)17-5/h8-12,16H,6-7H2,1-5H3. The Balaban J connectivity index is 2.75. The van der Waals surface area contributed by atoms with E-state index in [2.05, 4.69) is 24.4 Å². The van der Waals surface area contributed by atoms with Crippen LogP contribution >= 0.6 is 0 Å². The second kappa shape index (κ2) is 7.27. The van der Waals surface area contributed by atoms with Crippen molar-refractivity contribution in [2.24, 2.45) is 0 Å². The molecule has 1 aromatic rings. The zero-order valence-corrected chi connectivity index (χ0v) is 12.1. The molecule has 1 unspecified atom stereocenters. The van der Waals surface area contributed by atoms with E-state index in [9.17, 15) is 0 Å². The van der Waals surface area contributed by atoms with Crippen molar-refractivity contribution in [3.8, 4) is 11.5 Å². The first-order chi connectivity index (χ1) is 8.56. The molecule has 0 fully saturated rings. The van der Waals surface area contributed by atoms with Crippen molar-refractivity contribution < 1.29 is 9.47 Å². The average Bonchev–Trinajstić information content (AvgIpc) is 2.35. The zero-order chi connectivity index (χ0) is 13.5. The molecule has 18 heavy (non-hydrogen) atoms.